The van der Waals surface area contributed by atoms with Gasteiger partial charge in [-0.1, -0.05) is 18.2 Å². The van der Waals surface area contributed by atoms with Crippen LogP contribution >= 0.6 is 0 Å². The normalized spacial score (nSPS) is 14.2. The molecule has 0 aromatic heterocycles. The second-order valence-electron chi connectivity index (χ2n) is 6.28. The number of hydrogen-bond acceptors (Lipinski definition) is 5. The number of hydrogen-bond donors (Lipinski definition) is 1. The fraction of sp³-hybridized carbons (Fsp3) is 0.316. The molecular formula is C19H21N3O4. The van der Waals surface area contributed by atoms with Gasteiger partial charge in [-0.2, -0.15) is 0 Å². The Morgan fingerprint density at radius 3 is 2.42 bits per heavy atom. The van der Waals surface area contributed by atoms with Crippen molar-refractivity contribution in [1.82, 2.24) is 0 Å². The van der Waals surface area contributed by atoms with E-state index in [1.54, 1.807) is 6.07 Å². The number of anilines is 2. The molecule has 1 aliphatic rings. The SMILES string of the molecule is Cc1cccc(C)c1NC(=O)c1cc([N+](=O)[O-])ccc1N1CCOCC1. The van der Waals surface area contributed by atoms with Crippen LogP contribution in [0.3, 0.4) is 0 Å². The highest BCUT2D eigenvalue weighted by Gasteiger charge is 2.22. The molecule has 0 aliphatic carbocycles. The molecule has 1 N–H and O–H groups in total. The standard InChI is InChI=1S/C19H21N3O4/c1-13-4-3-5-14(2)18(13)20-19(23)16-12-15(22(24)25)6-7-17(16)21-8-10-26-11-9-21/h3-7,12H,8-11H2,1-2H3,(H,20,23). The zero-order chi connectivity index (χ0) is 18.7. The van der Waals surface area contributed by atoms with Gasteiger partial charge < -0.3 is 15.0 Å². The highest BCUT2D eigenvalue weighted by molar-refractivity contribution is 6.09. The Morgan fingerprint density at radius 2 is 1.81 bits per heavy atom. The van der Waals surface area contributed by atoms with E-state index in [0.717, 1.165) is 16.8 Å². The lowest BCUT2D eigenvalue weighted by atomic mass is 10.1. The fourth-order valence-corrected chi connectivity index (χ4v) is 3.09. The third kappa shape index (κ3) is 3.67. The number of non-ortho nitro benzene ring substituents is 1. The van der Waals surface area contributed by atoms with Gasteiger partial charge in [0.2, 0.25) is 0 Å². The van der Waals surface area contributed by atoms with Crippen LogP contribution in [0.2, 0.25) is 0 Å². The molecule has 0 bridgehead atoms. The Bertz CT molecular complexity index is 824. The Hall–Kier alpha value is -2.93. The molecular weight excluding hydrogens is 334 g/mol. The lowest BCUT2D eigenvalue weighted by Crippen LogP contribution is -2.37. The van der Waals surface area contributed by atoms with Crippen molar-refractivity contribution in [2.75, 3.05) is 36.5 Å². The van der Waals surface area contributed by atoms with Crippen LogP contribution in [0.15, 0.2) is 36.4 Å². The summed E-state index contributed by atoms with van der Waals surface area (Å²) in [5.41, 5.74) is 3.49. The summed E-state index contributed by atoms with van der Waals surface area (Å²) in [4.78, 5) is 25.7. The number of rotatable bonds is 4. The lowest BCUT2D eigenvalue weighted by Gasteiger charge is -2.30. The van der Waals surface area contributed by atoms with Crippen LogP contribution in [0.1, 0.15) is 21.5 Å². The number of aryl methyl sites for hydroxylation is 2. The molecule has 1 amide bonds. The van der Waals surface area contributed by atoms with E-state index in [2.05, 4.69) is 5.32 Å². The number of morpholine rings is 1. The van der Waals surface area contributed by atoms with Crippen molar-refractivity contribution in [2.45, 2.75) is 13.8 Å². The number of ether oxygens (including phenoxy) is 1. The van der Waals surface area contributed by atoms with E-state index in [1.807, 2.05) is 36.9 Å². The molecule has 2 aromatic carbocycles. The summed E-state index contributed by atoms with van der Waals surface area (Å²) < 4.78 is 5.36. The summed E-state index contributed by atoms with van der Waals surface area (Å²) in [6, 6.07) is 10.2. The molecule has 136 valence electrons. The number of carbonyl (C=O) groups excluding carboxylic acids is 1. The molecule has 7 heteroatoms. The molecule has 1 saturated heterocycles. The van der Waals surface area contributed by atoms with Gasteiger partial charge in [0.15, 0.2) is 0 Å². The van der Waals surface area contributed by atoms with Crippen molar-refractivity contribution >= 4 is 23.0 Å². The van der Waals surface area contributed by atoms with Gasteiger partial charge in [0, 0.05) is 30.9 Å². The molecule has 0 unspecified atom stereocenters. The monoisotopic (exact) mass is 355 g/mol. The third-order valence-corrected chi connectivity index (χ3v) is 4.51. The van der Waals surface area contributed by atoms with Crippen molar-refractivity contribution in [2.24, 2.45) is 0 Å². The molecule has 26 heavy (non-hydrogen) atoms. The number of nitro benzene ring substituents is 1. The lowest BCUT2D eigenvalue weighted by molar-refractivity contribution is -0.384. The highest BCUT2D eigenvalue weighted by atomic mass is 16.6. The number of nitrogens with one attached hydrogen (secondary N) is 1. The van der Waals surface area contributed by atoms with Crippen LogP contribution in [0.5, 0.6) is 0 Å². The van der Waals surface area contributed by atoms with Gasteiger partial charge in [0.25, 0.3) is 11.6 Å². The van der Waals surface area contributed by atoms with Crippen LogP contribution in [0.4, 0.5) is 17.1 Å². The molecule has 0 spiro atoms. The van der Waals surface area contributed by atoms with Crippen molar-refractivity contribution < 1.29 is 14.5 Å². The Labute approximate surface area is 151 Å². The first kappa shape index (κ1) is 17.9. The van der Waals surface area contributed by atoms with Crippen molar-refractivity contribution in [3.63, 3.8) is 0 Å². The number of nitro groups is 1. The second kappa shape index (κ2) is 7.53. The van der Waals surface area contributed by atoms with Gasteiger partial charge in [-0.25, -0.2) is 0 Å². The van der Waals surface area contributed by atoms with Crippen molar-refractivity contribution in [1.29, 1.82) is 0 Å². The molecule has 3 rings (SSSR count). The molecule has 1 aliphatic heterocycles. The summed E-state index contributed by atoms with van der Waals surface area (Å²) in [6.45, 7) is 6.24. The molecule has 0 saturated carbocycles. The van der Waals surface area contributed by atoms with Crippen LogP contribution in [0, 0.1) is 24.0 Å². The maximum atomic E-state index is 13.0. The predicted octanol–water partition coefficient (Wildman–Crippen LogP) is 3.30. The largest absolute Gasteiger partial charge is 0.378 e. The summed E-state index contributed by atoms with van der Waals surface area (Å²) in [5, 5.41) is 14.1. The maximum absolute atomic E-state index is 13.0. The molecule has 0 atom stereocenters. The van der Waals surface area contributed by atoms with Crippen molar-refractivity contribution in [3.05, 3.63) is 63.2 Å². The average molecular weight is 355 g/mol. The zero-order valence-electron chi connectivity index (χ0n) is 14.8. The summed E-state index contributed by atoms with van der Waals surface area (Å²) in [6.07, 6.45) is 0. The van der Waals surface area contributed by atoms with E-state index in [1.165, 1.54) is 12.1 Å². The van der Waals surface area contributed by atoms with Crippen molar-refractivity contribution in [3.8, 4) is 0 Å². The average Bonchev–Trinajstić information content (AvgIpc) is 2.65. The minimum atomic E-state index is -0.487. The van der Waals surface area contributed by atoms with Gasteiger partial charge >= 0.3 is 0 Å². The van der Waals surface area contributed by atoms with E-state index in [0.29, 0.717) is 37.6 Å². The summed E-state index contributed by atoms with van der Waals surface area (Å²) in [5.74, 6) is -0.354. The maximum Gasteiger partial charge on any atom is 0.270 e. The minimum Gasteiger partial charge on any atom is -0.378 e. The zero-order valence-corrected chi connectivity index (χ0v) is 14.8. The first-order chi connectivity index (χ1) is 12.5. The Morgan fingerprint density at radius 1 is 1.15 bits per heavy atom. The van der Waals surface area contributed by atoms with Gasteiger partial charge in [-0.3, -0.25) is 14.9 Å². The van der Waals surface area contributed by atoms with E-state index in [-0.39, 0.29) is 11.6 Å². The Kier molecular flexibility index (Phi) is 5.18. The quantitative estimate of drug-likeness (QED) is 0.672. The molecule has 2 aromatic rings. The van der Waals surface area contributed by atoms with Gasteiger partial charge in [0.05, 0.1) is 29.4 Å². The first-order valence-electron chi connectivity index (χ1n) is 8.46. The van der Waals surface area contributed by atoms with Crippen LogP contribution in [0.25, 0.3) is 0 Å². The van der Waals surface area contributed by atoms with Crippen LogP contribution in [-0.4, -0.2) is 37.1 Å². The number of para-hydroxylation sites is 1. The Balaban J connectivity index is 1.98. The second-order valence-corrected chi connectivity index (χ2v) is 6.28. The van der Waals surface area contributed by atoms with E-state index in [4.69, 9.17) is 4.74 Å². The predicted molar refractivity (Wildman–Crippen MR) is 100.0 cm³/mol. The van der Waals surface area contributed by atoms with Crippen LogP contribution < -0.4 is 10.2 Å². The van der Waals surface area contributed by atoms with Gasteiger partial charge in [-0.15, -0.1) is 0 Å². The van der Waals surface area contributed by atoms with Crippen LogP contribution in [-0.2, 0) is 4.74 Å². The number of benzene rings is 2. The van der Waals surface area contributed by atoms with E-state index >= 15 is 0 Å². The molecule has 1 fully saturated rings. The number of amides is 1. The highest BCUT2D eigenvalue weighted by Crippen LogP contribution is 2.28. The van der Waals surface area contributed by atoms with Gasteiger partial charge in [0.1, 0.15) is 0 Å². The number of nitrogens with zero attached hydrogens (tertiary/aromatic N) is 2. The summed E-state index contributed by atoms with van der Waals surface area (Å²) in [7, 11) is 0. The van der Waals surface area contributed by atoms with E-state index < -0.39 is 4.92 Å². The molecule has 7 nitrogen and oxygen atoms in total. The molecule has 0 radical (unpaired) electrons. The molecule has 1 heterocycles. The fourth-order valence-electron chi connectivity index (χ4n) is 3.09. The smallest absolute Gasteiger partial charge is 0.270 e. The minimum absolute atomic E-state index is 0.103. The third-order valence-electron chi connectivity index (χ3n) is 4.51. The van der Waals surface area contributed by atoms with E-state index in [9.17, 15) is 14.9 Å². The summed E-state index contributed by atoms with van der Waals surface area (Å²) >= 11 is 0. The number of carbonyl (C=O) groups is 1. The first-order valence-corrected chi connectivity index (χ1v) is 8.46. The van der Waals surface area contributed by atoms with Gasteiger partial charge in [-0.05, 0) is 31.0 Å². The topological polar surface area (TPSA) is 84.7 Å².